The molecule has 0 saturated carbocycles. The minimum atomic E-state index is -0.895. The van der Waals surface area contributed by atoms with Crippen molar-refractivity contribution in [1.29, 1.82) is 0 Å². The zero-order valence-corrected chi connectivity index (χ0v) is 14.7. The number of ether oxygens (including phenoxy) is 1. The Morgan fingerprint density at radius 1 is 1.25 bits per heavy atom. The number of carbonyl (C=O) groups excluding carboxylic acids is 1. The number of nitrogens with zero attached hydrogens (tertiary/aromatic N) is 1. The molecule has 5 heteroatoms. The zero-order valence-electron chi connectivity index (χ0n) is 14.7. The van der Waals surface area contributed by atoms with Crippen LogP contribution in [0.4, 0.5) is 0 Å². The molecule has 1 unspecified atom stereocenters. The van der Waals surface area contributed by atoms with Crippen LogP contribution in [-0.2, 0) is 26.2 Å². The normalized spacial score (nSPS) is 18.5. The minimum Gasteiger partial charge on any atom is -0.481 e. The summed E-state index contributed by atoms with van der Waals surface area (Å²) in [7, 11) is 0. The Labute approximate surface area is 143 Å². The lowest BCUT2D eigenvalue weighted by Crippen LogP contribution is -2.46. The predicted molar refractivity (Wildman–Crippen MR) is 92.0 cm³/mol. The van der Waals surface area contributed by atoms with Gasteiger partial charge in [0.25, 0.3) is 0 Å². The van der Waals surface area contributed by atoms with Crippen molar-refractivity contribution in [3.8, 4) is 0 Å². The first kappa shape index (κ1) is 18.5. The maximum Gasteiger partial charge on any atom is 0.306 e. The van der Waals surface area contributed by atoms with Crippen molar-refractivity contribution >= 4 is 11.9 Å². The number of hydrogen-bond acceptors (Lipinski definition) is 3. The number of aryl methyl sites for hydroxylation is 1. The second-order valence-electron chi connectivity index (χ2n) is 7.38. The first-order chi connectivity index (χ1) is 11.3. The maximum absolute atomic E-state index is 12.4. The Hall–Kier alpha value is -1.88. The van der Waals surface area contributed by atoms with Crippen molar-refractivity contribution in [2.75, 3.05) is 19.7 Å². The summed E-state index contributed by atoms with van der Waals surface area (Å²) in [5.74, 6) is -0.832. The third-order valence-corrected chi connectivity index (χ3v) is 4.34. The van der Waals surface area contributed by atoms with Gasteiger partial charge in [0.1, 0.15) is 0 Å². The lowest BCUT2D eigenvalue weighted by Gasteiger charge is -2.32. The van der Waals surface area contributed by atoms with Crippen molar-refractivity contribution in [1.82, 2.24) is 4.90 Å². The highest BCUT2D eigenvalue weighted by Crippen LogP contribution is 2.22. The maximum atomic E-state index is 12.4. The Balaban J connectivity index is 1.85. The molecule has 1 aliphatic rings. The van der Waals surface area contributed by atoms with E-state index in [2.05, 4.69) is 45.0 Å². The molecule has 1 amide bonds. The molecule has 0 aromatic heterocycles. The van der Waals surface area contributed by atoms with Gasteiger partial charge < -0.3 is 14.7 Å². The van der Waals surface area contributed by atoms with E-state index in [0.717, 1.165) is 5.56 Å². The van der Waals surface area contributed by atoms with Crippen LogP contribution in [0.3, 0.4) is 0 Å². The van der Waals surface area contributed by atoms with Crippen molar-refractivity contribution < 1.29 is 19.4 Å². The Morgan fingerprint density at radius 2 is 1.92 bits per heavy atom. The number of carboxylic acids is 1. The smallest absolute Gasteiger partial charge is 0.306 e. The molecule has 1 fully saturated rings. The van der Waals surface area contributed by atoms with Crippen molar-refractivity contribution in [2.45, 2.75) is 51.6 Å². The van der Waals surface area contributed by atoms with Gasteiger partial charge >= 0.3 is 5.97 Å². The fourth-order valence-electron chi connectivity index (χ4n) is 2.84. The number of carbonyl (C=O) groups is 2. The molecule has 1 saturated heterocycles. The Bertz CT molecular complexity index is 574. The molecule has 1 aromatic rings. The van der Waals surface area contributed by atoms with Crippen molar-refractivity contribution in [2.24, 2.45) is 0 Å². The van der Waals surface area contributed by atoms with Crippen LogP contribution >= 0.6 is 0 Å². The van der Waals surface area contributed by atoms with Gasteiger partial charge in [-0.2, -0.15) is 0 Å². The van der Waals surface area contributed by atoms with E-state index in [-0.39, 0.29) is 17.7 Å². The molecular formula is C19H27NO4. The summed E-state index contributed by atoms with van der Waals surface area (Å²) in [6.45, 7) is 7.85. The molecule has 0 aliphatic carbocycles. The highest BCUT2D eigenvalue weighted by Gasteiger charge is 2.25. The van der Waals surface area contributed by atoms with Crippen molar-refractivity contribution in [3.63, 3.8) is 0 Å². The lowest BCUT2D eigenvalue weighted by atomic mass is 9.86. The summed E-state index contributed by atoms with van der Waals surface area (Å²) in [5, 5.41) is 8.84. The molecule has 0 bridgehead atoms. The van der Waals surface area contributed by atoms with Crippen LogP contribution in [0, 0.1) is 0 Å². The van der Waals surface area contributed by atoms with Crippen LogP contribution < -0.4 is 0 Å². The summed E-state index contributed by atoms with van der Waals surface area (Å²) in [4.78, 5) is 24.8. The molecule has 5 nitrogen and oxygen atoms in total. The number of benzene rings is 1. The molecule has 1 heterocycles. The van der Waals surface area contributed by atoms with Crippen LogP contribution in [0.1, 0.15) is 44.7 Å². The number of morpholine rings is 1. The van der Waals surface area contributed by atoms with E-state index in [0.29, 0.717) is 32.5 Å². The largest absolute Gasteiger partial charge is 0.481 e. The van der Waals surface area contributed by atoms with Gasteiger partial charge in [0.15, 0.2) is 0 Å². The van der Waals surface area contributed by atoms with Crippen LogP contribution in [-0.4, -0.2) is 47.7 Å². The minimum absolute atomic E-state index is 0.0575. The summed E-state index contributed by atoms with van der Waals surface area (Å²) >= 11 is 0. The summed E-state index contributed by atoms with van der Waals surface area (Å²) in [6.07, 6.45) is 0.683. The molecule has 132 valence electrons. The number of rotatable bonds is 5. The van der Waals surface area contributed by atoms with Crippen LogP contribution in [0.25, 0.3) is 0 Å². The molecule has 1 N–H and O–H groups in total. The van der Waals surface area contributed by atoms with E-state index in [1.807, 2.05) is 0 Å². The topological polar surface area (TPSA) is 66.8 Å². The predicted octanol–water partition coefficient (Wildman–Crippen LogP) is 2.62. The Kier molecular flexibility index (Phi) is 5.99. The van der Waals surface area contributed by atoms with E-state index in [1.54, 1.807) is 4.90 Å². The van der Waals surface area contributed by atoms with E-state index < -0.39 is 12.1 Å². The fourth-order valence-corrected chi connectivity index (χ4v) is 2.84. The van der Waals surface area contributed by atoms with Crippen LogP contribution in [0.5, 0.6) is 0 Å². The van der Waals surface area contributed by atoms with Gasteiger partial charge in [-0.05, 0) is 23.0 Å². The van der Waals surface area contributed by atoms with E-state index in [1.165, 1.54) is 5.56 Å². The molecule has 0 spiro atoms. The molecule has 0 radical (unpaired) electrons. The number of aliphatic carboxylic acids is 1. The average molecular weight is 333 g/mol. The number of carboxylic acid groups (broad SMARTS) is 1. The van der Waals surface area contributed by atoms with Crippen LogP contribution in [0.2, 0.25) is 0 Å². The van der Waals surface area contributed by atoms with Crippen LogP contribution in [0.15, 0.2) is 24.3 Å². The lowest BCUT2D eigenvalue weighted by molar-refractivity contribution is -0.147. The second kappa shape index (κ2) is 7.79. The molecule has 1 aromatic carbocycles. The summed E-state index contributed by atoms with van der Waals surface area (Å²) in [5.41, 5.74) is 2.55. The summed E-state index contributed by atoms with van der Waals surface area (Å²) < 4.78 is 5.40. The molecule has 1 atom stereocenters. The highest BCUT2D eigenvalue weighted by molar-refractivity contribution is 5.76. The van der Waals surface area contributed by atoms with E-state index in [4.69, 9.17) is 9.84 Å². The van der Waals surface area contributed by atoms with E-state index in [9.17, 15) is 9.59 Å². The van der Waals surface area contributed by atoms with Gasteiger partial charge in [0.2, 0.25) is 5.91 Å². The number of amides is 1. The molecular weight excluding hydrogens is 306 g/mol. The van der Waals surface area contributed by atoms with Gasteiger partial charge in [0.05, 0.1) is 19.1 Å². The standard InChI is InChI=1S/C19H27NO4/c1-19(2,3)15-7-4-14(5-8-15)6-9-17(21)20-10-11-24-16(13-20)12-18(22)23/h4-5,7-8,16H,6,9-13H2,1-3H3,(H,22,23). The van der Waals surface area contributed by atoms with E-state index >= 15 is 0 Å². The first-order valence-electron chi connectivity index (χ1n) is 8.46. The molecule has 2 rings (SSSR count). The average Bonchev–Trinajstić information content (AvgIpc) is 2.52. The zero-order chi connectivity index (χ0) is 17.7. The Morgan fingerprint density at radius 3 is 2.50 bits per heavy atom. The van der Waals surface area contributed by atoms with Gasteiger partial charge in [-0.1, -0.05) is 45.0 Å². The quantitative estimate of drug-likeness (QED) is 0.899. The monoisotopic (exact) mass is 333 g/mol. The van der Waals surface area contributed by atoms with Gasteiger partial charge in [-0.25, -0.2) is 0 Å². The number of hydrogen-bond donors (Lipinski definition) is 1. The van der Waals surface area contributed by atoms with Gasteiger partial charge in [-0.15, -0.1) is 0 Å². The highest BCUT2D eigenvalue weighted by atomic mass is 16.5. The summed E-state index contributed by atoms with van der Waals surface area (Å²) in [6, 6.07) is 8.41. The first-order valence-corrected chi connectivity index (χ1v) is 8.46. The SMILES string of the molecule is CC(C)(C)c1ccc(CCC(=O)N2CCOC(CC(=O)O)C2)cc1. The third-order valence-electron chi connectivity index (χ3n) is 4.34. The van der Waals surface area contributed by atoms with Gasteiger partial charge in [-0.3, -0.25) is 9.59 Å². The third kappa shape index (κ3) is 5.34. The molecule has 24 heavy (non-hydrogen) atoms. The fraction of sp³-hybridized carbons (Fsp3) is 0.579. The van der Waals surface area contributed by atoms with Crippen molar-refractivity contribution in [3.05, 3.63) is 35.4 Å². The second-order valence-corrected chi connectivity index (χ2v) is 7.38. The van der Waals surface area contributed by atoms with Gasteiger partial charge in [0, 0.05) is 19.5 Å². The molecule has 1 aliphatic heterocycles.